The van der Waals surface area contributed by atoms with E-state index in [0.29, 0.717) is 12.1 Å². The molecule has 0 aliphatic heterocycles. The molecule has 0 saturated carbocycles. The Morgan fingerprint density at radius 1 is 1.42 bits per heavy atom. The van der Waals surface area contributed by atoms with Crippen molar-refractivity contribution in [1.82, 2.24) is 4.72 Å². The number of nitrogen functional groups attached to an aromatic ring is 1. The molecule has 1 rings (SSSR count). The number of ether oxygens (including phenoxy) is 1. The van der Waals surface area contributed by atoms with E-state index in [1.54, 1.807) is 19.9 Å². The van der Waals surface area contributed by atoms with Crippen LogP contribution in [0.2, 0.25) is 0 Å². The van der Waals surface area contributed by atoms with Crippen LogP contribution in [-0.2, 0) is 10.0 Å². The molecule has 0 aliphatic rings. The molecule has 108 valence electrons. The third-order valence-corrected chi connectivity index (χ3v) is 4.14. The summed E-state index contributed by atoms with van der Waals surface area (Å²) in [4.78, 5) is -0.00700. The molecule has 0 heterocycles. The predicted molar refractivity (Wildman–Crippen MR) is 73.5 cm³/mol. The first-order valence-corrected chi connectivity index (χ1v) is 7.38. The topological polar surface area (TPSA) is 102 Å². The Morgan fingerprint density at radius 3 is 2.58 bits per heavy atom. The normalized spacial score (nSPS) is 14.9. The van der Waals surface area contributed by atoms with Crippen LogP contribution in [0.15, 0.2) is 23.1 Å². The highest BCUT2D eigenvalue weighted by Crippen LogP contribution is 2.26. The van der Waals surface area contributed by atoms with Gasteiger partial charge in [0.2, 0.25) is 10.0 Å². The van der Waals surface area contributed by atoms with Gasteiger partial charge in [-0.2, -0.15) is 0 Å². The van der Waals surface area contributed by atoms with Crippen LogP contribution in [0, 0.1) is 0 Å². The van der Waals surface area contributed by atoms with E-state index in [1.165, 1.54) is 19.2 Å². The minimum absolute atomic E-state index is 0.00700. The van der Waals surface area contributed by atoms with Gasteiger partial charge in [0.25, 0.3) is 0 Å². The standard InChI is InChI=1S/C12H20N2O4S/c1-8(6-9(2)15)14-19(16,17)12-7-10(13)4-5-11(12)18-3/h4-5,7-9,14-15H,6,13H2,1-3H3. The molecule has 0 aromatic heterocycles. The number of benzene rings is 1. The molecule has 0 spiro atoms. The van der Waals surface area contributed by atoms with Crippen LogP contribution in [0.4, 0.5) is 5.69 Å². The van der Waals surface area contributed by atoms with Crippen molar-refractivity contribution < 1.29 is 18.3 Å². The lowest BCUT2D eigenvalue weighted by Crippen LogP contribution is -2.34. The van der Waals surface area contributed by atoms with Crippen molar-refractivity contribution >= 4 is 15.7 Å². The third kappa shape index (κ3) is 4.38. The summed E-state index contributed by atoms with van der Waals surface area (Å²) >= 11 is 0. The maximum Gasteiger partial charge on any atom is 0.244 e. The summed E-state index contributed by atoms with van der Waals surface area (Å²) in [5.41, 5.74) is 5.94. The zero-order valence-corrected chi connectivity index (χ0v) is 12.1. The van der Waals surface area contributed by atoms with Gasteiger partial charge in [-0.3, -0.25) is 0 Å². The van der Waals surface area contributed by atoms with Crippen LogP contribution < -0.4 is 15.2 Å². The van der Waals surface area contributed by atoms with Crippen LogP contribution in [0.1, 0.15) is 20.3 Å². The highest BCUT2D eigenvalue weighted by atomic mass is 32.2. The summed E-state index contributed by atoms with van der Waals surface area (Å²) in [5.74, 6) is 0.228. The molecule has 0 radical (unpaired) electrons. The first-order chi connectivity index (χ1) is 8.76. The highest BCUT2D eigenvalue weighted by molar-refractivity contribution is 7.89. The van der Waals surface area contributed by atoms with Crippen LogP contribution in [0.25, 0.3) is 0 Å². The van der Waals surface area contributed by atoms with Gasteiger partial charge in [-0.1, -0.05) is 0 Å². The van der Waals surface area contributed by atoms with Crippen molar-refractivity contribution in [3.8, 4) is 5.75 Å². The fraction of sp³-hybridized carbons (Fsp3) is 0.500. The van der Waals surface area contributed by atoms with Gasteiger partial charge >= 0.3 is 0 Å². The smallest absolute Gasteiger partial charge is 0.244 e. The zero-order valence-electron chi connectivity index (χ0n) is 11.3. The number of methoxy groups -OCH3 is 1. The summed E-state index contributed by atoms with van der Waals surface area (Å²) in [6.07, 6.45) is -0.260. The Hall–Kier alpha value is -1.31. The number of nitrogens with one attached hydrogen (secondary N) is 1. The molecule has 2 atom stereocenters. The monoisotopic (exact) mass is 288 g/mol. The summed E-state index contributed by atoms with van der Waals surface area (Å²) in [7, 11) is -2.34. The molecule has 2 unspecified atom stereocenters. The average molecular weight is 288 g/mol. The van der Waals surface area contributed by atoms with Gasteiger partial charge < -0.3 is 15.6 Å². The Morgan fingerprint density at radius 2 is 2.05 bits per heavy atom. The summed E-state index contributed by atoms with van der Waals surface area (Å²) in [6.45, 7) is 3.29. The second kappa shape index (κ2) is 6.23. The van der Waals surface area contributed by atoms with Gasteiger partial charge in [0.05, 0.1) is 13.2 Å². The molecule has 19 heavy (non-hydrogen) atoms. The minimum Gasteiger partial charge on any atom is -0.495 e. The van der Waals surface area contributed by atoms with Crippen LogP contribution in [0.3, 0.4) is 0 Å². The maximum atomic E-state index is 12.2. The number of nitrogens with two attached hydrogens (primary N) is 1. The van der Waals surface area contributed by atoms with E-state index in [1.807, 2.05) is 0 Å². The number of sulfonamides is 1. The predicted octanol–water partition coefficient (Wildman–Crippen LogP) is 0.715. The first kappa shape index (κ1) is 15.7. The van der Waals surface area contributed by atoms with Crippen LogP contribution >= 0.6 is 0 Å². The number of hydrogen-bond acceptors (Lipinski definition) is 5. The molecular formula is C12H20N2O4S. The van der Waals surface area contributed by atoms with E-state index in [4.69, 9.17) is 10.5 Å². The molecule has 0 saturated heterocycles. The Kier molecular flexibility index (Phi) is 5.16. The molecule has 0 amide bonds. The highest BCUT2D eigenvalue weighted by Gasteiger charge is 2.22. The Balaban J connectivity index is 3.03. The quantitative estimate of drug-likeness (QED) is 0.669. The number of aliphatic hydroxyl groups excluding tert-OH is 1. The third-order valence-electron chi connectivity index (χ3n) is 2.53. The molecule has 0 bridgehead atoms. The van der Waals surface area contributed by atoms with Gasteiger partial charge in [-0.25, -0.2) is 13.1 Å². The molecule has 1 aromatic rings. The van der Waals surface area contributed by atoms with Crippen molar-refractivity contribution in [2.45, 2.75) is 37.3 Å². The molecule has 6 nitrogen and oxygen atoms in total. The van der Waals surface area contributed by atoms with E-state index < -0.39 is 22.2 Å². The van der Waals surface area contributed by atoms with Crippen molar-refractivity contribution in [3.63, 3.8) is 0 Å². The molecule has 7 heteroatoms. The Labute approximate surface area is 113 Å². The summed E-state index contributed by atoms with van der Waals surface area (Å²) < 4.78 is 32.0. The van der Waals surface area contributed by atoms with Gasteiger partial charge in [0.1, 0.15) is 10.6 Å². The lowest BCUT2D eigenvalue weighted by molar-refractivity contribution is 0.175. The lowest BCUT2D eigenvalue weighted by Gasteiger charge is -2.17. The first-order valence-electron chi connectivity index (χ1n) is 5.90. The molecule has 4 N–H and O–H groups in total. The van der Waals surface area contributed by atoms with E-state index in [0.717, 1.165) is 0 Å². The maximum absolute atomic E-state index is 12.2. The molecule has 1 aromatic carbocycles. The van der Waals surface area contributed by atoms with Crippen molar-refractivity contribution in [3.05, 3.63) is 18.2 Å². The van der Waals surface area contributed by atoms with E-state index >= 15 is 0 Å². The van der Waals surface area contributed by atoms with E-state index in [9.17, 15) is 13.5 Å². The second-order valence-corrected chi connectivity index (χ2v) is 6.20. The van der Waals surface area contributed by atoms with Crippen molar-refractivity contribution in [2.75, 3.05) is 12.8 Å². The summed E-state index contributed by atoms with van der Waals surface area (Å²) in [6, 6.07) is 4.02. The summed E-state index contributed by atoms with van der Waals surface area (Å²) in [5, 5.41) is 9.26. The zero-order chi connectivity index (χ0) is 14.6. The molecule has 0 fully saturated rings. The van der Waals surface area contributed by atoms with Crippen LogP contribution in [-0.4, -0.2) is 32.8 Å². The molecule has 0 aliphatic carbocycles. The SMILES string of the molecule is COc1ccc(N)cc1S(=O)(=O)NC(C)CC(C)O. The fourth-order valence-electron chi connectivity index (χ4n) is 1.79. The number of hydrogen-bond donors (Lipinski definition) is 3. The van der Waals surface area contributed by atoms with Gasteiger partial charge in [0.15, 0.2) is 0 Å². The van der Waals surface area contributed by atoms with Gasteiger partial charge in [0, 0.05) is 11.7 Å². The minimum atomic E-state index is -3.74. The number of aliphatic hydroxyl groups is 1. The average Bonchev–Trinajstić information content (AvgIpc) is 2.26. The second-order valence-electron chi connectivity index (χ2n) is 4.52. The number of rotatable bonds is 6. The lowest BCUT2D eigenvalue weighted by atomic mass is 10.2. The van der Waals surface area contributed by atoms with E-state index in [2.05, 4.69) is 4.72 Å². The van der Waals surface area contributed by atoms with Gasteiger partial charge in [-0.15, -0.1) is 0 Å². The van der Waals surface area contributed by atoms with E-state index in [-0.39, 0.29) is 10.6 Å². The largest absolute Gasteiger partial charge is 0.495 e. The molecular weight excluding hydrogens is 268 g/mol. The Bertz CT molecular complexity index is 529. The van der Waals surface area contributed by atoms with Crippen molar-refractivity contribution in [2.24, 2.45) is 0 Å². The number of anilines is 1. The van der Waals surface area contributed by atoms with Gasteiger partial charge in [-0.05, 0) is 38.5 Å². The fourth-order valence-corrected chi connectivity index (χ4v) is 3.25. The van der Waals surface area contributed by atoms with Crippen LogP contribution in [0.5, 0.6) is 5.75 Å². The van der Waals surface area contributed by atoms with Crippen molar-refractivity contribution in [1.29, 1.82) is 0 Å².